The van der Waals surface area contributed by atoms with E-state index in [1.807, 2.05) is 4.90 Å². The first-order valence-corrected chi connectivity index (χ1v) is 10.0. The van der Waals surface area contributed by atoms with Crippen molar-refractivity contribution < 1.29 is 17.6 Å². The van der Waals surface area contributed by atoms with Crippen molar-refractivity contribution in [3.05, 3.63) is 35.6 Å². The predicted molar refractivity (Wildman–Crippen MR) is 84.2 cm³/mol. The van der Waals surface area contributed by atoms with Gasteiger partial charge in [-0.15, -0.1) is 0 Å². The number of nitrogens with zero attached hydrogens (tertiary/aromatic N) is 1. The lowest BCUT2D eigenvalue weighted by atomic mass is 10.1. The van der Waals surface area contributed by atoms with Gasteiger partial charge in [0.05, 0.1) is 11.5 Å². The van der Waals surface area contributed by atoms with Crippen molar-refractivity contribution in [1.29, 1.82) is 0 Å². The van der Waals surface area contributed by atoms with Crippen LogP contribution in [0.4, 0.5) is 4.39 Å². The molecule has 124 valence electrons. The molecule has 1 saturated heterocycles. The Morgan fingerprint density at radius 2 is 1.78 bits per heavy atom. The van der Waals surface area contributed by atoms with E-state index in [-0.39, 0.29) is 47.1 Å². The molecular formula is C17H20FNO3S. The van der Waals surface area contributed by atoms with Gasteiger partial charge in [-0.3, -0.25) is 4.79 Å². The second kappa shape index (κ2) is 5.30. The van der Waals surface area contributed by atoms with E-state index in [1.165, 1.54) is 12.1 Å². The Labute approximate surface area is 135 Å². The van der Waals surface area contributed by atoms with Crippen molar-refractivity contribution in [2.75, 3.05) is 11.5 Å². The fraction of sp³-hybridized carbons (Fsp3) is 0.588. The van der Waals surface area contributed by atoms with E-state index < -0.39 is 9.84 Å². The number of hydrogen-bond acceptors (Lipinski definition) is 3. The number of sulfone groups is 1. The monoisotopic (exact) mass is 337 g/mol. The first-order chi connectivity index (χ1) is 10.9. The van der Waals surface area contributed by atoms with E-state index in [4.69, 9.17) is 0 Å². The summed E-state index contributed by atoms with van der Waals surface area (Å²) in [4.78, 5) is 14.8. The third kappa shape index (κ3) is 3.01. The van der Waals surface area contributed by atoms with Crippen LogP contribution in [0.1, 0.15) is 37.2 Å². The quantitative estimate of drug-likeness (QED) is 0.845. The zero-order valence-electron chi connectivity index (χ0n) is 12.8. The van der Waals surface area contributed by atoms with E-state index in [2.05, 4.69) is 0 Å². The van der Waals surface area contributed by atoms with Gasteiger partial charge in [-0.1, -0.05) is 12.1 Å². The van der Waals surface area contributed by atoms with Crippen LogP contribution in [0.3, 0.4) is 0 Å². The van der Waals surface area contributed by atoms with Crippen molar-refractivity contribution in [2.24, 2.45) is 5.92 Å². The number of rotatable bonds is 4. The minimum absolute atomic E-state index is 0.0654. The van der Waals surface area contributed by atoms with Crippen LogP contribution in [0.25, 0.3) is 0 Å². The minimum Gasteiger partial charge on any atom is -0.335 e. The molecule has 0 bridgehead atoms. The topological polar surface area (TPSA) is 54.5 Å². The SMILES string of the molecule is O=C(C1CC1c1ccc(F)cc1)N(C1CC1)C1CCS(=O)(=O)C1. The smallest absolute Gasteiger partial charge is 0.226 e. The standard InChI is InChI=1S/C17H20FNO3S/c18-12-3-1-11(2-4-12)15-9-16(15)17(20)19(13-5-6-13)14-7-8-23(21,22)10-14/h1-4,13-16H,5-10H2. The van der Waals surface area contributed by atoms with E-state index in [0.29, 0.717) is 6.42 Å². The molecule has 1 aromatic carbocycles. The van der Waals surface area contributed by atoms with Gasteiger partial charge in [-0.25, -0.2) is 12.8 Å². The molecule has 23 heavy (non-hydrogen) atoms. The number of halogens is 1. The molecule has 1 amide bonds. The Hall–Kier alpha value is -1.43. The Kier molecular flexibility index (Phi) is 3.48. The van der Waals surface area contributed by atoms with Crippen molar-refractivity contribution in [1.82, 2.24) is 4.90 Å². The highest BCUT2D eigenvalue weighted by Crippen LogP contribution is 2.50. The Morgan fingerprint density at radius 1 is 1.09 bits per heavy atom. The summed E-state index contributed by atoms with van der Waals surface area (Å²) in [6.45, 7) is 0. The lowest BCUT2D eigenvalue weighted by molar-refractivity contribution is -0.135. The fourth-order valence-corrected chi connectivity index (χ4v) is 5.45. The van der Waals surface area contributed by atoms with Crippen LogP contribution in [0.2, 0.25) is 0 Å². The average molecular weight is 337 g/mol. The molecule has 0 aromatic heterocycles. The zero-order chi connectivity index (χ0) is 16.2. The molecule has 3 atom stereocenters. The van der Waals surface area contributed by atoms with E-state index in [9.17, 15) is 17.6 Å². The largest absolute Gasteiger partial charge is 0.335 e. The fourth-order valence-electron chi connectivity index (χ4n) is 3.74. The maximum Gasteiger partial charge on any atom is 0.226 e. The van der Waals surface area contributed by atoms with Crippen LogP contribution in [0.5, 0.6) is 0 Å². The average Bonchev–Trinajstić information content (AvgIpc) is 3.39. The highest BCUT2D eigenvalue weighted by Gasteiger charge is 2.51. The molecule has 1 aliphatic heterocycles. The first kappa shape index (κ1) is 15.1. The molecule has 4 nitrogen and oxygen atoms in total. The number of carbonyl (C=O) groups is 1. The van der Waals surface area contributed by atoms with Gasteiger partial charge in [-0.2, -0.15) is 0 Å². The van der Waals surface area contributed by atoms with Gasteiger partial charge in [-0.05, 0) is 49.3 Å². The minimum atomic E-state index is -2.99. The summed E-state index contributed by atoms with van der Waals surface area (Å²) in [6.07, 6.45) is 3.32. The number of amides is 1. The molecule has 4 rings (SSSR count). The summed E-state index contributed by atoms with van der Waals surface area (Å²) >= 11 is 0. The normalized spacial score (nSPS) is 31.8. The van der Waals surface area contributed by atoms with Gasteiger partial charge in [0.25, 0.3) is 0 Å². The molecule has 0 radical (unpaired) electrons. The molecule has 0 N–H and O–H groups in total. The third-order valence-electron chi connectivity index (χ3n) is 5.20. The number of carbonyl (C=O) groups excluding carboxylic acids is 1. The summed E-state index contributed by atoms with van der Waals surface area (Å²) < 4.78 is 36.5. The molecule has 0 spiro atoms. The second-order valence-corrected chi connectivity index (χ2v) is 9.26. The van der Waals surface area contributed by atoms with Gasteiger partial charge in [0.15, 0.2) is 9.84 Å². The highest BCUT2D eigenvalue weighted by molar-refractivity contribution is 7.91. The van der Waals surface area contributed by atoms with Crippen molar-refractivity contribution in [3.8, 4) is 0 Å². The third-order valence-corrected chi connectivity index (χ3v) is 6.95. The molecule has 3 unspecified atom stereocenters. The maximum absolute atomic E-state index is 13.0. The molecule has 2 aliphatic carbocycles. The maximum atomic E-state index is 13.0. The van der Waals surface area contributed by atoms with Gasteiger partial charge in [0.1, 0.15) is 5.82 Å². The lowest BCUT2D eigenvalue weighted by Gasteiger charge is -2.28. The molecular weight excluding hydrogens is 317 g/mol. The van der Waals surface area contributed by atoms with Crippen LogP contribution >= 0.6 is 0 Å². The lowest BCUT2D eigenvalue weighted by Crippen LogP contribution is -2.43. The van der Waals surface area contributed by atoms with Crippen LogP contribution in [-0.4, -0.2) is 42.8 Å². The van der Waals surface area contributed by atoms with E-state index in [1.54, 1.807) is 12.1 Å². The summed E-state index contributed by atoms with van der Waals surface area (Å²) in [6, 6.07) is 6.43. The second-order valence-electron chi connectivity index (χ2n) is 7.03. The molecule has 2 saturated carbocycles. The molecule has 6 heteroatoms. The van der Waals surface area contributed by atoms with Gasteiger partial charge >= 0.3 is 0 Å². The summed E-state index contributed by atoms with van der Waals surface area (Å²) in [5, 5.41) is 0. The number of hydrogen-bond donors (Lipinski definition) is 0. The van der Waals surface area contributed by atoms with E-state index in [0.717, 1.165) is 24.8 Å². The highest BCUT2D eigenvalue weighted by atomic mass is 32.2. The van der Waals surface area contributed by atoms with Gasteiger partial charge < -0.3 is 4.90 Å². The van der Waals surface area contributed by atoms with Crippen LogP contribution in [0, 0.1) is 11.7 Å². The van der Waals surface area contributed by atoms with Gasteiger partial charge in [0.2, 0.25) is 5.91 Å². The van der Waals surface area contributed by atoms with Crippen molar-refractivity contribution in [2.45, 2.75) is 43.7 Å². The van der Waals surface area contributed by atoms with E-state index >= 15 is 0 Å². The van der Waals surface area contributed by atoms with Crippen molar-refractivity contribution in [3.63, 3.8) is 0 Å². The summed E-state index contributed by atoms with van der Waals surface area (Å²) in [5.41, 5.74) is 1.000. The summed E-state index contributed by atoms with van der Waals surface area (Å²) in [7, 11) is -2.99. The Balaban J connectivity index is 1.48. The Bertz CT molecular complexity index is 727. The molecule has 3 fully saturated rings. The van der Waals surface area contributed by atoms with Gasteiger partial charge in [0, 0.05) is 18.0 Å². The zero-order valence-corrected chi connectivity index (χ0v) is 13.6. The van der Waals surface area contributed by atoms with Crippen LogP contribution in [0.15, 0.2) is 24.3 Å². The predicted octanol–water partition coefficient (Wildman–Crippen LogP) is 2.11. The first-order valence-electron chi connectivity index (χ1n) is 8.23. The van der Waals surface area contributed by atoms with Crippen LogP contribution in [-0.2, 0) is 14.6 Å². The summed E-state index contributed by atoms with van der Waals surface area (Å²) in [5.74, 6) is 0.229. The number of benzene rings is 1. The van der Waals surface area contributed by atoms with Crippen molar-refractivity contribution >= 4 is 15.7 Å². The molecule has 1 aromatic rings. The molecule has 1 heterocycles. The Morgan fingerprint density at radius 3 is 2.35 bits per heavy atom. The van der Waals surface area contributed by atoms with Crippen LogP contribution < -0.4 is 0 Å². The molecule has 3 aliphatic rings.